The Hall–Kier alpha value is -2.48. The van der Waals surface area contributed by atoms with E-state index in [-0.39, 0.29) is 23.4 Å². The van der Waals surface area contributed by atoms with Crippen molar-refractivity contribution in [3.05, 3.63) is 64.9 Å². The monoisotopic (exact) mass is 499 g/mol. The number of halogens is 2. The lowest BCUT2D eigenvalue weighted by Crippen LogP contribution is -2.62. The third kappa shape index (κ3) is 4.82. The molecule has 35 heavy (non-hydrogen) atoms. The first kappa shape index (κ1) is 24.2. The summed E-state index contributed by atoms with van der Waals surface area (Å²) in [5, 5.41) is 4.00. The number of ether oxygens (including phenoxy) is 1. The SMILES string of the molecule is CN(C(=O)Oc1ccc(F)cc1)[C@]1(C(=O)C2CCN(C3CC3)CC2)CNC[C@H]1c1ccc(Cl)cc1. The predicted octanol–water partition coefficient (Wildman–Crippen LogP) is 4.48. The summed E-state index contributed by atoms with van der Waals surface area (Å²) in [5.74, 6) is -0.473. The van der Waals surface area contributed by atoms with Crippen molar-refractivity contribution in [2.24, 2.45) is 5.92 Å². The molecule has 0 aromatic heterocycles. The fourth-order valence-corrected chi connectivity index (χ4v) is 5.85. The van der Waals surface area contributed by atoms with E-state index in [1.54, 1.807) is 7.05 Å². The molecule has 0 bridgehead atoms. The van der Waals surface area contributed by atoms with Gasteiger partial charge < -0.3 is 15.0 Å². The summed E-state index contributed by atoms with van der Waals surface area (Å²) in [7, 11) is 1.64. The Morgan fingerprint density at radius 2 is 1.71 bits per heavy atom. The van der Waals surface area contributed by atoms with E-state index >= 15 is 0 Å². The number of likely N-dealkylation sites (tertiary alicyclic amines) is 1. The number of hydrogen-bond donors (Lipinski definition) is 1. The Morgan fingerprint density at radius 1 is 1.06 bits per heavy atom. The van der Waals surface area contributed by atoms with Gasteiger partial charge in [-0.1, -0.05) is 23.7 Å². The zero-order valence-electron chi connectivity index (χ0n) is 19.9. The van der Waals surface area contributed by atoms with Gasteiger partial charge in [-0.2, -0.15) is 0 Å². The van der Waals surface area contributed by atoms with Gasteiger partial charge >= 0.3 is 6.09 Å². The van der Waals surface area contributed by atoms with Crippen LogP contribution in [-0.2, 0) is 4.79 Å². The summed E-state index contributed by atoms with van der Waals surface area (Å²) in [6, 6.07) is 13.5. The van der Waals surface area contributed by atoms with E-state index in [2.05, 4.69) is 10.2 Å². The number of nitrogens with zero attached hydrogens (tertiary/aromatic N) is 2. The van der Waals surface area contributed by atoms with Crippen molar-refractivity contribution in [1.29, 1.82) is 0 Å². The molecule has 2 atom stereocenters. The molecule has 1 N–H and O–H groups in total. The maximum absolute atomic E-state index is 14.3. The highest BCUT2D eigenvalue weighted by atomic mass is 35.5. The van der Waals surface area contributed by atoms with Crippen molar-refractivity contribution in [2.75, 3.05) is 33.2 Å². The molecule has 0 unspecified atom stereocenters. The zero-order chi connectivity index (χ0) is 24.6. The van der Waals surface area contributed by atoms with E-state index in [0.717, 1.165) is 31.5 Å². The maximum Gasteiger partial charge on any atom is 0.415 e. The van der Waals surface area contributed by atoms with E-state index in [0.29, 0.717) is 24.2 Å². The first-order valence-corrected chi connectivity index (χ1v) is 12.7. The number of hydrogen-bond acceptors (Lipinski definition) is 5. The van der Waals surface area contributed by atoms with Crippen LogP contribution < -0.4 is 10.1 Å². The second-order valence-electron chi connectivity index (χ2n) is 9.95. The molecule has 2 saturated heterocycles. The average Bonchev–Trinajstić information content (AvgIpc) is 3.63. The molecule has 186 valence electrons. The van der Waals surface area contributed by atoms with Gasteiger partial charge in [0.2, 0.25) is 0 Å². The van der Waals surface area contributed by atoms with Gasteiger partial charge in [0, 0.05) is 43.0 Å². The van der Waals surface area contributed by atoms with Gasteiger partial charge in [-0.3, -0.25) is 9.69 Å². The van der Waals surface area contributed by atoms with Crippen molar-refractivity contribution in [2.45, 2.75) is 43.2 Å². The van der Waals surface area contributed by atoms with Crippen molar-refractivity contribution >= 4 is 23.5 Å². The van der Waals surface area contributed by atoms with Crippen LogP contribution in [0.1, 0.15) is 37.2 Å². The van der Waals surface area contributed by atoms with E-state index in [9.17, 15) is 14.0 Å². The molecule has 8 heteroatoms. The molecule has 2 aliphatic heterocycles. The van der Waals surface area contributed by atoms with Crippen LogP contribution in [0.3, 0.4) is 0 Å². The number of nitrogens with one attached hydrogen (secondary N) is 1. The number of benzene rings is 2. The molecule has 5 rings (SSSR count). The quantitative estimate of drug-likeness (QED) is 0.635. The number of rotatable bonds is 6. The average molecular weight is 500 g/mol. The number of Topliss-reactive ketones (excluding diaryl/α,β-unsaturated/α-hetero) is 1. The minimum atomic E-state index is -1.10. The summed E-state index contributed by atoms with van der Waals surface area (Å²) >= 11 is 6.13. The van der Waals surface area contributed by atoms with Gasteiger partial charge in [0.05, 0.1) is 0 Å². The first-order valence-electron chi connectivity index (χ1n) is 12.3. The molecule has 6 nitrogen and oxygen atoms in total. The zero-order valence-corrected chi connectivity index (χ0v) is 20.6. The van der Waals surface area contributed by atoms with Crippen LogP contribution in [0.5, 0.6) is 5.75 Å². The molecular formula is C27H31ClFN3O3. The molecule has 1 saturated carbocycles. The highest BCUT2D eigenvalue weighted by Crippen LogP contribution is 2.42. The number of amides is 1. The lowest BCUT2D eigenvalue weighted by molar-refractivity contribution is -0.135. The fraction of sp³-hybridized carbons (Fsp3) is 0.481. The number of piperidine rings is 1. The summed E-state index contributed by atoms with van der Waals surface area (Å²) < 4.78 is 18.9. The van der Waals surface area contributed by atoms with Crippen LogP contribution in [-0.4, -0.2) is 66.5 Å². The molecule has 1 aliphatic carbocycles. The first-order chi connectivity index (χ1) is 16.9. The van der Waals surface area contributed by atoms with Gasteiger partial charge in [0.1, 0.15) is 17.1 Å². The number of ketones is 1. The molecule has 1 amide bonds. The number of carbonyl (C=O) groups excluding carboxylic acids is 2. The predicted molar refractivity (Wildman–Crippen MR) is 132 cm³/mol. The second kappa shape index (κ2) is 9.88. The van der Waals surface area contributed by atoms with Crippen molar-refractivity contribution in [3.63, 3.8) is 0 Å². The van der Waals surface area contributed by atoms with Gasteiger partial charge in [0.25, 0.3) is 0 Å². The van der Waals surface area contributed by atoms with E-state index in [4.69, 9.17) is 16.3 Å². The smallest absolute Gasteiger partial charge is 0.410 e. The fourth-order valence-electron chi connectivity index (χ4n) is 5.72. The van der Waals surface area contributed by atoms with Crippen molar-refractivity contribution in [3.8, 4) is 5.75 Å². The largest absolute Gasteiger partial charge is 0.415 e. The van der Waals surface area contributed by atoms with Gasteiger partial charge in [-0.05, 0) is 80.7 Å². The van der Waals surface area contributed by atoms with Gasteiger partial charge in [-0.15, -0.1) is 0 Å². The van der Waals surface area contributed by atoms with E-state index in [1.165, 1.54) is 42.0 Å². The lowest BCUT2D eigenvalue weighted by Gasteiger charge is -2.44. The highest BCUT2D eigenvalue weighted by molar-refractivity contribution is 6.30. The molecule has 0 spiro atoms. The Balaban J connectivity index is 1.44. The Kier molecular flexibility index (Phi) is 6.84. The Morgan fingerprint density at radius 3 is 2.34 bits per heavy atom. The minimum absolute atomic E-state index is 0.0800. The van der Waals surface area contributed by atoms with Crippen LogP contribution in [0.15, 0.2) is 48.5 Å². The number of carbonyl (C=O) groups is 2. The van der Waals surface area contributed by atoms with Crippen LogP contribution in [0.25, 0.3) is 0 Å². The lowest BCUT2D eigenvalue weighted by atomic mass is 9.72. The summed E-state index contributed by atoms with van der Waals surface area (Å²) in [5.41, 5.74) is -0.151. The van der Waals surface area contributed by atoms with Crippen molar-refractivity contribution in [1.82, 2.24) is 15.1 Å². The van der Waals surface area contributed by atoms with Crippen molar-refractivity contribution < 1.29 is 18.7 Å². The summed E-state index contributed by atoms with van der Waals surface area (Å²) in [6.45, 7) is 2.74. The van der Waals surface area contributed by atoms with Gasteiger partial charge in [-0.25, -0.2) is 9.18 Å². The Labute approximate surface area is 210 Å². The van der Waals surface area contributed by atoms with Crippen LogP contribution in [0.4, 0.5) is 9.18 Å². The van der Waals surface area contributed by atoms with Crippen LogP contribution in [0.2, 0.25) is 5.02 Å². The van der Waals surface area contributed by atoms with Gasteiger partial charge in [0.15, 0.2) is 5.78 Å². The highest BCUT2D eigenvalue weighted by Gasteiger charge is 2.56. The summed E-state index contributed by atoms with van der Waals surface area (Å²) in [4.78, 5) is 31.6. The standard InChI is InChI=1S/C27H31ClFN3O3/c1-31(26(34)35-23-10-6-21(29)7-11-23)27(17-30-16-24(27)18-2-4-20(28)5-3-18)25(33)19-12-14-32(15-13-19)22-8-9-22/h2-7,10-11,19,22,24,30H,8-9,12-17H2,1H3/t24-,27+/m0/s1. The molecule has 0 radical (unpaired) electrons. The van der Waals surface area contributed by atoms with Crippen LogP contribution >= 0.6 is 11.6 Å². The van der Waals surface area contributed by atoms with E-state index in [1.807, 2.05) is 24.3 Å². The minimum Gasteiger partial charge on any atom is -0.410 e. The third-order valence-electron chi connectivity index (χ3n) is 7.87. The molecule has 3 fully saturated rings. The normalized spacial score (nSPS) is 25.4. The molecule has 2 heterocycles. The Bertz CT molecular complexity index is 1070. The maximum atomic E-state index is 14.3. The molecule has 3 aliphatic rings. The number of likely N-dealkylation sites (N-methyl/N-ethyl adjacent to an activating group) is 1. The second-order valence-corrected chi connectivity index (χ2v) is 10.4. The topological polar surface area (TPSA) is 61.9 Å². The summed E-state index contributed by atoms with van der Waals surface area (Å²) in [6.07, 6.45) is 3.46. The molecule has 2 aromatic carbocycles. The molecular weight excluding hydrogens is 469 g/mol. The molecule has 2 aromatic rings. The van der Waals surface area contributed by atoms with E-state index < -0.39 is 17.4 Å². The third-order valence-corrected chi connectivity index (χ3v) is 8.13. The van der Waals surface area contributed by atoms with Crippen LogP contribution in [0, 0.1) is 11.7 Å².